The number of amides is 2. The van der Waals surface area contributed by atoms with Gasteiger partial charge in [0, 0.05) is 44.3 Å². The molecule has 1 atom stereocenters. The fraction of sp³-hybridized carbons (Fsp3) is 0.609. The third kappa shape index (κ3) is 5.70. The number of nitrogens with one attached hydrogen (secondary N) is 2. The number of para-hydroxylation sites is 1. The van der Waals surface area contributed by atoms with Crippen LogP contribution in [0.4, 0.5) is 5.69 Å². The van der Waals surface area contributed by atoms with E-state index in [0.29, 0.717) is 18.4 Å². The number of aryl methyl sites for hydroxylation is 1. The van der Waals surface area contributed by atoms with Gasteiger partial charge in [-0.3, -0.25) is 14.6 Å². The lowest BCUT2D eigenvalue weighted by Crippen LogP contribution is -2.49. The third-order valence-electron chi connectivity index (χ3n) is 6.59. The lowest BCUT2D eigenvalue weighted by Gasteiger charge is -2.30. The molecule has 7 nitrogen and oxygen atoms in total. The maximum absolute atomic E-state index is 12.8. The van der Waals surface area contributed by atoms with E-state index in [1.54, 1.807) is 7.05 Å². The van der Waals surface area contributed by atoms with Crippen molar-refractivity contribution in [2.75, 3.05) is 38.1 Å². The highest BCUT2D eigenvalue weighted by atomic mass is 127. The van der Waals surface area contributed by atoms with Crippen LogP contribution in [0.3, 0.4) is 0 Å². The second-order valence-corrected chi connectivity index (χ2v) is 8.60. The van der Waals surface area contributed by atoms with E-state index in [1.807, 2.05) is 28.0 Å². The number of halogens is 1. The van der Waals surface area contributed by atoms with Gasteiger partial charge in [0.05, 0.1) is 6.54 Å². The van der Waals surface area contributed by atoms with E-state index in [-0.39, 0.29) is 48.4 Å². The molecule has 0 radical (unpaired) electrons. The summed E-state index contributed by atoms with van der Waals surface area (Å²) in [5.74, 6) is 1.22. The first-order valence-electron chi connectivity index (χ1n) is 11.3. The fourth-order valence-corrected chi connectivity index (χ4v) is 4.94. The van der Waals surface area contributed by atoms with Crippen LogP contribution in [-0.2, 0) is 16.0 Å². The van der Waals surface area contributed by atoms with Crippen LogP contribution in [0.2, 0.25) is 0 Å². The summed E-state index contributed by atoms with van der Waals surface area (Å²) in [6, 6.07) is 8.30. The molecule has 4 rings (SSSR count). The van der Waals surface area contributed by atoms with Gasteiger partial charge < -0.3 is 20.4 Å². The van der Waals surface area contributed by atoms with E-state index in [2.05, 4.69) is 21.7 Å². The zero-order chi connectivity index (χ0) is 20.9. The molecule has 1 aliphatic carbocycles. The van der Waals surface area contributed by atoms with E-state index < -0.39 is 0 Å². The van der Waals surface area contributed by atoms with Crippen molar-refractivity contribution in [3.63, 3.8) is 0 Å². The van der Waals surface area contributed by atoms with E-state index in [9.17, 15) is 9.59 Å². The number of guanidine groups is 1. The van der Waals surface area contributed by atoms with Gasteiger partial charge in [0.25, 0.3) is 0 Å². The van der Waals surface area contributed by atoms with Crippen molar-refractivity contribution in [2.45, 2.75) is 51.0 Å². The predicted octanol–water partition coefficient (Wildman–Crippen LogP) is 2.54. The molecule has 8 heteroatoms. The number of nitrogens with zero attached hydrogens (tertiary/aromatic N) is 3. The summed E-state index contributed by atoms with van der Waals surface area (Å²) in [5, 5.41) is 6.56. The van der Waals surface area contributed by atoms with Crippen LogP contribution in [0, 0.1) is 5.92 Å². The molecule has 2 aliphatic heterocycles. The molecule has 3 aliphatic rings. The van der Waals surface area contributed by atoms with Crippen molar-refractivity contribution in [3.8, 4) is 0 Å². The summed E-state index contributed by atoms with van der Waals surface area (Å²) in [6.45, 7) is 2.47. The average molecular weight is 539 g/mol. The highest BCUT2D eigenvalue weighted by Crippen LogP contribution is 2.28. The number of carbonyl (C=O) groups is 2. The Morgan fingerprint density at radius 2 is 1.87 bits per heavy atom. The number of carbonyl (C=O) groups excluding carboxylic acids is 2. The molecule has 0 aromatic heterocycles. The number of benzene rings is 1. The topological polar surface area (TPSA) is 77.0 Å². The van der Waals surface area contributed by atoms with Gasteiger partial charge in [0.1, 0.15) is 0 Å². The molecule has 31 heavy (non-hydrogen) atoms. The molecule has 2 heterocycles. The lowest BCUT2D eigenvalue weighted by atomic mass is 10.0. The second kappa shape index (κ2) is 11.2. The number of rotatable bonds is 4. The monoisotopic (exact) mass is 539 g/mol. The first kappa shape index (κ1) is 23.8. The van der Waals surface area contributed by atoms with Crippen molar-refractivity contribution in [1.29, 1.82) is 0 Å². The molecule has 1 aromatic rings. The lowest BCUT2D eigenvalue weighted by molar-refractivity contribution is -0.134. The molecular formula is C23H34IN5O2. The Balaban J connectivity index is 0.00000272. The first-order chi connectivity index (χ1) is 14.7. The summed E-state index contributed by atoms with van der Waals surface area (Å²) >= 11 is 0. The Bertz CT molecular complexity index is 809. The van der Waals surface area contributed by atoms with Crippen molar-refractivity contribution >= 4 is 47.4 Å². The minimum atomic E-state index is 0. The van der Waals surface area contributed by atoms with Crippen LogP contribution in [0.5, 0.6) is 0 Å². The molecule has 2 N–H and O–H groups in total. The van der Waals surface area contributed by atoms with Crippen molar-refractivity contribution in [3.05, 3.63) is 29.8 Å². The Morgan fingerprint density at radius 3 is 2.65 bits per heavy atom. The highest BCUT2D eigenvalue weighted by Gasteiger charge is 2.32. The normalized spacial score (nSPS) is 21.5. The first-order valence-corrected chi connectivity index (χ1v) is 11.3. The average Bonchev–Trinajstić information content (AvgIpc) is 3.48. The maximum Gasteiger partial charge on any atom is 0.246 e. The van der Waals surface area contributed by atoms with E-state index >= 15 is 0 Å². The zero-order valence-corrected chi connectivity index (χ0v) is 20.6. The second-order valence-electron chi connectivity index (χ2n) is 8.60. The van der Waals surface area contributed by atoms with E-state index in [1.165, 1.54) is 18.4 Å². The van der Waals surface area contributed by atoms with Crippen molar-refractivity contribution in [2.24, 2.45) is 10.9 Å². The van der Waals surface area contributed by atoms with E-state index in [4.69, 9.17) is 0 Å². The Kier molecular flexibility index (Phi) is 8.57. The third-order valence-corrected chi connectivity index (χ3v) is 6.59. The van der Waals surface area contributed by atoms with Crippen LogP contribution in [0.15, 0.2) is 29.3 Å². The minimum absolute atomic E-state index is 0. The number of anilines is 1. The molecule has 2 fully saturated rings. The largest absolute Gasteiger partial charge is 0.352 e. The molecule has 2 amide bonds. The molecule has 1 aromatic carbocycles. The van der Waals surface area contributed by atoms with Gasteiger partial charge in [-0.1, -0.05) is 31.0 Å². The number of hydrogen-bond acceptors (Lipinski definition) is 3. The van der Waals surface area contributed by atoms with E-state index in [0.717, 1.165) is 50.9 Å². The SMILES string of the molecule is CN=C(NCC(=O)N1CCCc2ccccc21)NC1CCN(C(=O)C2CCCC2)C1.I. The molecule has 1 saturated carbocycles. The smallest absolute Gasteiger partial charge is 0.246 e. The molecular weight excluding hydrogens is 505 g/mol. The van der Waals surface area contributed by atoms with Crippen LogP contribution in [0.25, 0.3) is 0 Å². The van der Waals surface area contributed by atoms with Crippen LogP contribution >= 0.6 is 24.0 Å². The standard InChI is InChI=1S/C23H33N5O2.HI/c1-24-23(26-19-12-14-27(16-19)22(30)18-8-2-3-9-18)25-15-21(29)28-13-6-10-17-7-4-5-11-20(17)28;/h4-5,7,11,18-19H,2-3,6,8-10,12-16H2,1H3,(H2,24,25,26);1H. The number of aliphatic imine (C=N–C) groups is 1. The summed E-state index contributed by atoms with van der Waals surface area (Å²) in [4.78, 5) is 33.6. The maximum atomic E-state index is 12.8. The van der Waals surface area contributed by atoms with Crippen LogP contribution in [-0.4, -0.2) is 61.9 Å². The van der Waals surface area contributed by atoms with Gasteiger partial charge in [-0.2, -0.15) is 0 Å². The molecule has 1 unspecified atom stereocenters. The van der Waals surface area contributed by atoms with Gasteiger partial charge in [-0.25, -0.2) is 0 Å². The summed E-state index contributed by atoms with van der Waals surface area (Å²) in [7, 11) is 1.71. The van der Waals surface area contributed by atoms with Crippen LogP contribution in [0.1, 0.15) is 44.1 Å². The fourth-order valence-electron chi connectivity index (χ4n) is 4.94. The molecule has 0 bridgehead atoms. The summed E-state index contributed by atoms with van der Waals surface area (Å²) < 4.78 is 0. The van der Waals surface area contributed by atoms with Crippen molar-refractivity contribution < 1.29 is 9.59 Å². The minimum Gasteiger partial charge on any atom is -0.352 e. The van der Waals surface area contributed by atoms with Crippen molar-refractivity contribution in [1.82, 2.24) is 15.5 Å². The van der Waals surface area contributed by atoms with Gasteiger partial charge in [-0.15, -0.1) is 24.0 Å². The van der Waals surface area contributed by atoms with Gasteiger partial charge in [0.15, 0.2) is 5.96 Å². The highest BCUT2D eigenvalue weighted by molar-refractivity contribution is 14.0. The van der Waals surface area contributed by atoms with Gasteiger partial charge in [0.2, 0.25) is 11.8 Å². The Hall–Kier alpha value is -1.84. The molecule has 1 saturated heterocycles. The number of fused-ring (bicyclic) bond motifs is 1. The van der Waals surface area contributed by atoms with Gasteiger partial charge in [-0.05, 0) is 43.7 Å². The summed E-state index contributed by atoms with van der Waals surface area (Å²) in [5.41, 5.74) is 2.26. The Labute approximate surface area is 202 Å². The zero-order valence-electron chi connectivity index (χ0n) is 18.3. The predicted molar refractivity (Wildman–Crippen MR) is 134 cm³/mol. The molecule has 170 valence electrons. The van der Waals surface area contributed by atoms with Gasteiger partial charge >= 0.3 is 0 Å². The number of likely N-dealkylation sites (tertiary alicyclic amines) is 1. The molecule has 0 spiro atoms. The van der Waals surface area contributed by atoms with Crippen LogP contribution < -0.4 is 15.5 Å². The summed E-state index contributed by atoms with van der Waals surface area (Å²) in [6.07, 6.45) is 7.36. The quantitative estimate of drug-likeness (QED) is 0.351. The number of hydrogen-bond donors (Lipinski definition) is 2. The Morgan fingerprint density at radius 1 is 1.10 bits per heavy atom.